The highest BCUT2D eigenvalue weighted by Crippen LogP contribution is 2.36. The average molecular weight is 332 g/mol. The van der Waals surface area contributed by atoms with Crippen molar-refractivity contribution >= 4 is 35.0 Å². The Balaban J connectivity index is 1.54. The Kier molecular flexibility index (Phi) is 4.83. The molecule has 3 rings (SSSR count). The van der Waals surface area contributed by atoms with Crippen LogP contribution in [0.15, 0.2) is 23.1 Å². The first-order valence-electron chi connectivity index (χ1n) is 7.15. The standard InChI is InChI=1S/C15H19Cl2NOS/c16-10-1-4-14(17)15(7-10)20-6-5-18-11-2-3-12(18)9-13(19)8-11/h1,4,7,11-13,19H,2-3,5-6,8-9H2. The van der Waals surface area contributed by atoms with Crippen molar-refractivity contribution in [2.75, 3.05) is 12.3 Å². The largest absolute Gasteiger partial charge is 0.393 e. The van der Waals surface area contributed by atoms with Crippen LogP contribution in [0.5, 0.6) is 0 Å². The van der Waals surface area contributed by atoms with Gasteiger partial charge in [0.1, 0.15) is 0 Å². The maximum Gasteiger partial charge on any atom is 0.0570 e. The van der Waals surface area contributed by atoms with Crippen molar-refractivity contribution in [3.05, 3.63) is 28.2 Å². The van der Waals surface area contributed by atoms with Crippen molar-refractivity contribution in [2.45, 2.75) is 48.8 Å². The quantitative estimate of drug-likeness (QED) is 0.841. The van der Waals surface area contributed by atoms with Crippen molar-refractivity contribution in [3.63, 3.8) is 0 Å². The zero-order valence-electron chi connectivity index (χ0n) is 11.3. The van der Waals surface area contributed by atoms with Crippen LogP contribution < -0.4 is 0 Å². The van der Waals surface area contributed by atoms with Gasteiger partial charge in [-0.2, -0.15) is 0 Å². The second-order valence-corrected chi connectivity index (χ2v) is 7.65. The molecule has 0 saturated carbocycles. The molecule has 0 aliphatic carbocycles. The number of hydrogen-bond acceptors (Lipinski definition) is 3. The molecule has 20 heavy (non-hydrogen) atoms. The van der Waals surface area contributed by atoms with Gasteiger partial charge in [-0.25, -0.2) is 0 Å². The van der Waals surface area contributed by atoms with Gasteiger partial charge in [0.15, 0.2) is 0 Å². The highest BCUT2D eigenvalue weighted by atomic mass is 35.5. The summed E-state index contributed by atoms with van der Waals surface area (Å²) in [6.45, 7) is 1.07. The Labute approximate surface area is 134 Å². The van der Waals surface area contributed by atoms with E-state index in [1.165, 1.54) is 12.8 Å². The van der Waals surface area contributed by atoms with Crippen LogP contribution in [0, 0.1) is 0 Å². The molecule has 110 valence electrons. The Morgan fingerprint density at radius 2 is 1.90 bits per heavy atom. The van der Waals surface area contributed by atoms with Gasteiger partial charge in [0.05, 0.1) is 11.1 Å². The first kappa shape index (κ1) is 15.0. The predicted octanol–water partition coefficient (Wildman–Crippen LogP) is 4.07. The number of aliphatic hydroxyl groups excluding tert-OH is 1. The highest BCUT2D eigenvalue weighted by Gasteiger charge is 2.39. The summed E-state index contributed by atoms with van der Waals surface area (Å²) in [6, 6.07) is 6.77. The third kappa shape index (κ3) is 3.28. The zero-order valence-corrected chi connectivity index (χ0v) is 13.6. The lowest BCUT2D eigenvalue weighted by Gasteiger charge is -2.37. The summed E-state index contributed by atoms with van der Waals surface area (Å²) in [4.78, 5) is 3.64. The topological polar surface area (TPSA) is 23.5 Å². The van der Waals surface area contributed by atoms with E-state index in [4.69, 9.17) is 23.2 Å². The Morgan fingerprint density at radius 1 is 1.20 bits per heavy atom. The number of hydrogen-bond donors (Lipinski definition) is 1. The van der Waals surface area contributed by atoms with Crippen LogP contribution >= 0.6 is 35.0 Å². The lowest BCUT2D eigenvalue weighted by molar-refractivity contribution is 0.0393. The fraction of sp³-hybridized carbons (Fsp3) is 0.600. The molecule has 2 nitrogen and oxygen atoms in total. The number of thioether (sulfide) groups is 1. The monoisotopic (exact) mass is 331 g/mol. The molecule has 2 fully saturated rings. The van der Waals surface area contributed by atoms with E-state index >= 15 is 0 Å². The smallest absolute Gasteiger partial charge is 0.0570 e. The average Bonchev–Trinajstić information content (AvgIpc) is 2.66. The van der Waals surface area contributed by atoms with Gasteiger partial charge in [0.2, 0.25) is 0 Å². The molecule has 5 heteroatoms. The Bertz CT molecular complexity index is 471. The molecule has 2 bridgehead atoms. The second-order valence-electron chi connectivity index (χ2n) is 5.67. The molecular formula is C15H19Cl2NOS. The Morgan fingerprint density at radius 3 is 2.60 bits per heavy atom. The predicted molar refractivity (Wildman–Crippen MR) is 85.9 cm³/mol. The third-order valence-corrected chi connectivity index (χ3v) is 6.07. The van der Waals surface area contributed by atoms with E-state index in [-0.39, 0.29) is 6.10 Å². The zero-order chi connectivity index (χ0) is 14.1. The third-order valence-electron chi connectivity index (χ3n) is 4.36. The summed E-state index contributed by atoms with van der Waals surface area (Å²) in [5, 5.41) is 11.3. The normalized spacial score (nSPS) is 29.9. The van der Waals surface area contributed by atoms with Crippen LogP contribution in [0.2, 0.25) is 10.0 Å². The number of nitrogens with zero attached hydrogens (tertiary/aromatic N) is 1. The first-order chi connectivity index (χ1) is 9.63. The summed E-state index contributed by atoms with van der Waals surface area (Å²) < 4.78 is 0. The van der Waals surface area contributed by atoms with Crippen LogP contribution in [-0.2, 0) is 0 Å². The molecule has 1 N–H and O–H groups in total. The van der Waals surface area contributed by atoms with Crippen molar-refractivity contribution in [2.24, 2.45) is 0 Å². The minimum Gasteiger partial charge on any atom is -0.393 e. The molecule has 1 aromatic carbocycles. The molecule has 2 unspecified atom stereocenters. The summed E-state index contributed by atoms with van der Waals surface area (Å²) in [7, 11) is 0. The minimum atomic E-state index is -0.0845. The van der Waals surface area contributed by atoms with Gasteiger partial charge in [-0.15, -0.1) is 11.8 Å². The number of piperidine rings is 1. The number of rotatable bonds is 4. The summed E-state index contributed by atoms with van der Waals surface area (Å²) >= 11 is 14.0. The van der Waals surface area contributed by atoms with Gasteiger partial charge in [-0.3, -0.25) is 4.90 Å². The number of fused-ring (bicyclic) bond motifs is 2. The summed E-state index contributed by atoms with van der Waals surface area (Å²) in [5.41, 5.74) is 0. The van der Waals surface area contributed by atoms with E-state index < -0.39 is 0 Å². The van der Waals surface area contributed by atoms with Crippen molar-refractivity contribution in [1.29, 1.82) is 0 Å². The molecule has 0 amide bonds. The molecule has 2 aliphatic rings. The maximum atomic E-state index is 9.81. The summed E-state index contributed by atoms with van der Waals surface area (Å²) in [6.07, 6.45) is 4.28. The van der Waals surface area contributed by atoms with Crippen LogP contribution in [0.1, 0.15) is 25.7 Å². The molecule has 2 saturated heterocycles. The first-order valence-corrected chi connectivity index (χ1v) is 8.89. The van der Waals surface area contributed by atoms with E-state index in [2.05, 4.69) is 4.90 Å². The fourth-order valence-electron chi connectivity index (χ4n) is 3.46. The Hall–Kier alpha value is 0.0700. The molecular weight excluding hydrogens is 313 g/mol. The van der Waals surface area contributed by atoms with Gasteiger partial charge in [0, 0.05) is 34.3 Å². The lowest BCUT2D eigenvalue weighted by Crippen LogP contribution is -2.45. The molecule has 2 heterocycles. The van der Waals surface area contributed by atoms with Gasteiger partial charge in [-0.1, -0.05) is 23.2 Å². The van der Waals surface area contributed by atoms with Crippen molar-refractivity contribution in [3.8, 4) is 0 Å². The fourth-order valence-corrected chi connectivity index (χ4v) is 4.92. The number of halogens is 2. The number of aliphatic hydroxyl groups is 1. The summed E-state index contributed by atoms with van der Waals surface area (Å²) in [5.74, 6) is 1.02. The van der Waals surface area contributed by atoms with E-state index in [1.54, 1.807) is 11.8 Å². The maximum absolute atomic E-state index is 9.81. The van der Waals surface area contributed by atoms with Gasteiger partial charge < -0.3 is 5.11 Å². The molecule has 2 aliphatic heterocycles. The van der Waals surface area contributed by atoms with Crippen LogP contribution in [0.25, 0.3) is 0 Å². The van der Waals surface area contributed by atoms with Crippen LogP contribution in [-0.4, -0.2) is 40.5 Å². The van der Waals surface area contributed by atoms with Crippen LogP contribution in [0.4, 0.5) is 0 Å². The highest BCUT2D eigenvalue weighted by molar-refractivity contribution is 7.99. The molecule has 0 spiro atoms. The van der Waals surface area contributed by atoms with E-state index in [0.717, 1.165) is 40.1 Å². The van der Waals surface area contributed by atoms with E-state index in [9.17, 15) is 5.11 Å². The van der Waals surface area contributed by atoms with Gasteiger partial charge in [0.25, 0.3) is 0 Å². The van der Waals surface area contributed by atoms with Crippen molar-refractivity contribution in [1.82, 2.24) is 4.90 Å². The molecule has 0 aromatic heterocycles. The SMILES string of the molecule is OC1CC2CCC(C1)N2CCSc1cc(Cl)ccc1Cl. The number of benzene rings is 1. The van der Waals surface area contributed by atoms with Gasteiger partial charge >= 0.3 is 0 Å². The van der Waals surface area contributed by atoms with Crippen LogP contribution in [0.3, 0.4) is 0 Å². The van der Waals surface area contributed by atoms with E-state index in [0.29, 0.717) is 12.1 Å². The van der Waals surface area contributed by atoms with Crippen molar-refractivity contribution < 1.29 is 5.11 Å². The lowest BCUT2D eigenvalue weighted by atomic mass is 10.0. The van der Waals surface area contributed by atoms with Gasteiger partial charge in [-0.05, 0) is 43.9 Å². The minimum absolute atomic E-state index is 0.0845. The van der Waals surface area contributed by atoms with E-state index in [1.807, 2.05) is 18.2 Å². The molecule has 1 aromatic rings. The molecule has 2 atom stereocenters. The molecule has 0 radical (unpaired) electrons. The second kappa shape index (κ2) is 6.45.